The number of carbonyl (C=O) groups excluding carboxylic acids is 2. The van der Waals surface area contributed by atoms with Crippen LogP contribution >= 0.6 is 45.9 Å². The van der Waals surface area contributed by atoms with E-state index in [1.807, 2.05) is 0 Å². The number of rotatable bonds is 9. The van der Waals surface area contributed by atoms with E-state index in [1.165, 1.54) is 99.5 Å². The van der Waals surface area contributed by atoms with Gasteiger partial charge >= 0.3 is 17.9 Å². The Morgan fingerprint density at radius 2 is 1.20 bits per heavy atom. The Balaban J connectivity index is 0.000000214. The van der Waals surface area contributed by atoms with Crippen LogP contribution in [0.2, 0.25) is 10.0 Å². The van der Waals surface area contributed by atoms with Crippen LogP contribution in [-0.4, -0.2) is 53.2 Å². The number of esters is 1. The number of ketones is 1. The lowest BCUT2D eigenvalue weighted by Gasteiger charge is -2.07. The number of Topliss-reactive ketones (excluding diaryl/α,β-unsaturated/α-hetero) is 1. The van der Waals surface area contributed by atoms with Gasteiger partial charge < -0.3 is 30.5 Å². The van der Waals surface area contributed by atoms with Gasteiger partial charge in [-0.3, -0.25) is 4.79 Å². The van der Waals surface area contributed by atoms with Gasteiger partial charge in [-0.15, -0.1) is 22.7 Å². The van der Waals surface area contributed by atoms with Gasteiger partial charge in [-0.2, -0.15) is 0 Å². The van der Waals surface area contributed by atoms with Crippen LogP contribution in [0.5, 0.6) is 11.5 Å². The highest BCUT2D eigenvalue weighted by molar-refractivity contribution is 7.14. The standard InChI is InChI=1S/C20H13ClF2O4S.C13H11F2NO2S.C8H7ClO3/c1-9-2-4-13(18(23)17(9)22)19-16(20(26)27)10(8-28-19)6-14(24)12-5-3-11(21)7-15(12)25;1-6-3-4-7(11(15)10(6)14)12-9(13(17)18-2)8(16)5-19-12;1-12-7-4-5(9)2-3-6(7)8(10)11/h2-5,7-8,25H,6H2,1H3,(H,26,27);3-5H,16H2,1-2H3;2-4H,1H3,(H,10,11). The summed E-state index contributed by atoms with van der Waals surface area (Å²) in [7, 11) is 2.60. The molecule has 2 aromatic heterocycles. The van der Waals surface area contributed by atoms with Crippen LogP contribution in [0.15, 0.2) is 71.4 Å². The van der Waals surface area contributed by atoms with Gasteiger partial charge in [0, 0.05) is 33.0 Å². The second-order valence-electron chi connectivity index (χ2n) is 12.2. The van der Waals surface area contributed by atoms with Crippen molar-refractivity contribution in [1.82, 2.24) is 0 Å². The van der Waals surface area contributed by atoms with Crippen molar-refractivity contribution >= 4 is 75.3 Å². The number of phenolic OH excluding ortho intramolecular Hbond substituents is 1. The Hall–Kier alpha value is -5.94. The molecule has 0 atom stereocenters. The maximum absolute atomic E-state index is 14.3. The Kier molecular flexibility index (Phi) is 15.3. The van der Waals surface area contributed by atoms with Crippen molar-refractivity contribution in [1.29, 1.82) is 0 Å². The molecule has 0 aliphatic carbocycles. The molecule has 0 amide bonds. The Bertz CT molecular complexity index is 2590. The summed E-state index contributed by atoms with van der Waals surface area (Å²) in [4.78, 5) is 46.8. The van der Waals surface area contributed by atoms with E-state index in [0.717, 1.165) is 22.7 Å². The van der Waals surface area contributed by atoms with E-state index in [1.54, 1.807) is 0 Å². The maximum atomic E-state index is 14.3. The van der Waals surface area contributed by atoms with E-state index in [0.29, 0.717) is 5.02 Å². The van der Waals surface area contributed by atoms with Crippen LogP contribution in [0.4, 0.5) is 23.2 Å². The number of hydrogen-bond donors (Lipinski definition) is 4. The topological polar surface area (TPSA) is 173 Å². The van der Waals surface area contributed by atoms with Gasteiger partial charge in [0.2, 0.25) is 0 Å². The van der Waals surface area contributed by atoms with Crippen molar-refractivity contribution in [2.45, 2.75) is 20.3 Å². The molecule has 18 heteroatoms. The molecule has 0 radical (unpaired) electrons. The number of hydrogen-bond acceptors (Lipinski definition) is 10. The molecular formula is C41H31Cl2F4NO9S2. The minimum Gasteiger partial charge on any atom is -0.507 e. The first kappa shape index (κ1) is 45.8. The summed E-state index contributed by atoms with van der Waals surface area (Å²) in [6.07, 6.45) is -0.330. The normalized spacial score (nSPS) is 10.5. The maximum Gasteiger partial charge on any atom is 0.341 e. The van der Waals surface area contributed by atoms with Crippen LogP contribution in [0.1, 0.15) is 58.1 Å². The van der Waals surface area contributed by atoms with E-state index in [4.69, 9.17) is 38.8 Å². The quantitative estimate of drug-likeness (QED) is 0.0621. The molecule has 2 heterocycles. The highest BCUT2D eigenvalue weighted by atomic mass is 35.5. The summed E-state index contributed by atoms with van der Waals surface area (Å²) in [5, 5.41) is 31.8. The van der Waals surface area contributed by atoms with Gasteiger partial charge in [-0.1, -0.05) is 47.5 Å². The number of nitrogens with two attached hydrogens (primary N) is 1. The zero-order valence-electron chi connectivity index (χ0n) is 31.1. The number of phenols is 1. The number of ether oxygens (including phenoxy) is 2. The number of anilines is 1. The number of aromatic carboxylic acids is 2. The fraction of sp³-hybridized carbons (Fsp3) is 0.122. The molecule has 0 saturated carbocycles. The molecule has 0 fully saturated rings. The predicted molar refractivity (Wildman–Crippen MR) is 218 cm³/mol. The smallest absolute Gasteiger partial charge is 0.341 e. The minimum atomic E-state index is -1.36. The number of carboxylic acid groups (broad SMARTS) is 2. The fourth-order valence-electron chi connectivity index (χ4n) is 5.33. The molecular weight excluding hydrogens is 861 g/mol. The van der Waals surface area contributed by atoms with Crippen molar-refractivity contribution in [2.75, 3.05) is 20.0 Å². The van der Waals surface area contributed by atoms with Crippen molar-refractivity contribution in [3.05, 3.63) is 144 Å². The highest BCUT2D eigenvalue weighted by Crippen LogP contribution is 2.39. The number of nitrogen functional groups attached to an aromatic ring is 1. The second kappa shape index (κ2) is 19.7. The number of carbonyl (C=O) groups is 4. The van der Waals surface area contributed by atoms with Gasteiger partial charge in [0.05, 0.1) is 40.8 Å². The van der Waals surface area contributed by atoms with Crippen molar-refractivity contribution in [3.63, 3.8) is 0 Å². The van der Waals surface area contributed by atoms with E-state index in [9.17, 15) is 47.0 Å². The third kappa shape index (κ3) is 10.4. The SMILES string of the molecule is COC(=O)c1c(N)csc1-c1ccc(C)c(F)c1F.COc1cc(Cl)ccc1C(=O)O.Cc1ccc(-c2scc(CC(=O)c3ccc(Cl)cc3O)c2C(=O)O)c(F)c1F. The monoisotopic (exact) mass is 891 g/mol. The molecule has 59 heavy (non-hydrogen) atoms. The number of carboxylic acids is 2. The fourth-order valence-corrected chi connectivity index (χ4v) is 7.71. The van der Waals surface area contributed by atoms with Gasteiger partial charge in [0.1, 0.15) is 22.6 Å². The van der Waals surface area contributed by atoms with Gasteiger partial charge in [-0.05, 0) is 72.3 Å². The van der Waals surface area contributed by atoms with Crippen LogP contribution in [0.3, 0.4) is 0 Å². The zero-order valence-corrected chi connectivity index (χ0v) is 34.2. The first-order valence-corrected chi connectivity index (χ1v) is 19.1. The number of benzene rings is 4. The molecule has 0 aliphatic rings. The van der Waals surface area contributed by atoms with Gasteiger partial charge in [0.15, 0.2) is 29.1 Å². The summed E-state index contributed by atoms with van der Waals surface area (Å²) in [5.41, 5.74) is 6.02. The van der Waals surface area contributed by atoms with Crippen LogP contribution in [0.25, 0.3) is 20.9 Å². The third-order valence-corrected chi connectivity index (χ3v) is 10.9. The molecule has 6 rings (SSSR count). The predicted octanol–water partition coefficient (Wildman–Crippen LogP) is 10.9. The molecule has 4 aromatic carbocycles. The Labute approximate surface area is 351 Å². The molecule has 0 unspecified atom stereocenters. The van der Waals surface area contributed by atoms with Crippen molar-refractivity contribution in [2.24, 2.45) is 0 Å². The van der Waals surface area contributed by atoms with Crippen molar-refractivity contribution < 1.29 is 61.5 Å². The molecule has 6 aromatic rings. The Morgan fingerprint density at radius 1 is 0.695 bits per heavy atom. The third-order valence-electron chi connectivity index (χ3n) is 8.34. The largest absolute Gasteiger partial charge is 0.507 e. The number of aryl methyl sites for hydroxylation is 2. The highest BCUT2D eigenvalue weighted by Gasteiger charge is 2.26. The molecule has 0 spiro atoms. The first-order chi connectivity index (χ1) is 27.8. The van der Waals surface area contributed by atoms with E-state index >= 15 is 0 Å². The van der Waals surface area contributed by atoms with Crippen LogP contribution in [-0.2, 0) is 11.2 Å². The lowest BCUT2D eigenvalue weighted by Crippen LogP contribution is -2.08. The molecule has 0 bridgehead atoms. The molecule has 5 N–H and O–H groups in total. The number of thiophene rings is 2. The zero-order chi connectivity index (χ0) is 43.9. The first-order valence-electron chi connectivity index (χ1n) is 16.6. The van der Waals surface area contributed by atoms with Crippen LogP contribution < -0.4 is 10.5 Å². The van der Waals surface area contributed by atoms with E-state index in [2.05, 4.69) is 4.74 Å². The van der Waals surface area contributed by atoms with Crippen molar-refractivity contribution in [3.8, 4) is 32.4 Å². The summed E-state index contributed by atoms with van der Waals surface area (Å²) < 4.78 is 65.2. The van der Waals surface area contributed by atoms with Gasteiger partial charge in [0.25, 0.3) is 0 Å². The van der Waals surface area contributed by atoms with E-state index in [-0.39, 0.29) is 88.5 Å². The molecule has 10 nitrogen and oxygen atoms in total. The average Bonchev–Trinajstić information content (AvgIpc) is 3.79. The number of halogens is 6. The average molecular weight is 893 g/mol. The van der Waals surface area contributed by atoms with Gasteiger partial charge in [-0.25, -0.2) is 31.9 Å². The lowest BCUT2D eigenvalue weighted by molar-refractivity contribution is 0.0601. The van der Waals surface area contributed by atoms with E-state index < -0.39 is 47.0 Å². The summed E-state index contributed by atoms with van der Waals surface area (Å²) >= 11 is 13.3. The second-order valence-corrected chi connectivity index (χ2v) is 14.8. The summed E-state index contributed by atoms with van der Waals surface area (Å²) in [6.45, 7) is 2.86. The number of aromatic hydroxyl groups is 1. The Morgan fingerprint density at radius 3 is 1.69 bits per heavy atom. The number of methoxy groups -OCH3 is 2. The molecule has 0 aliphatic heterocycles. The molecule has 308 valence electrons. The molecule has 0 saturated heterocycles. The summed E-state index contributed by atoms with van der Waals surface area (Å²) in [6, 6.07) is 13.9. The summed E-state index contributed by atoms with van der Waals surface area (Å²) in [5.74, 6) is -7.75. The lowest BCUT2D eigenvalue weighted by atomic mass is 9.98. The minimum absolute atomic E-state index is 0.00481. The van der Waals surface area contributed by atoms with Crippen LogP contribution in [0, 0.1) is 37.1 Å².